The standard InChI is InChI=1S/C15H21NO2/c1-4-7-13-9-12(11-16)10-14(17-6-3)15(13)18-8-5-2/h4-5,9-10H,1-2,6-8,11,16H2,3H3. The summed E-state index contributed by atoms with van der Waals surface area (Å²) in [6.07, 6.45) is 4.27. The third-order valence-corrected chi connectivity index (χ3v) is 2.44. The normalized spacial score (nSPS) is 9.89. The van der Waals surface area contributed by atoms with E-state index in [1.165, 1.54) is 0 Å². The van der Waals surface area contributed by atoms with Crippen LogP contribution in [0.5, 0.6) is 11.5 Å². The maximum absolute atomic E-state index is 5.69. The van der Waals surface area contributed by atoms with Crippen molar-refractivity contribution in [2.75, 3.05) is 13.2 Å². The van der Waals surface area contributed by atoms with Crippen molar-refractivity contribution in [3.8, 4) is 11.5 Å². The Morgan fingerprint density at radius 2 is 2.00 bits per heavy atom. The van der Waals surface area contributed by atoms with Crippen LogP contribution in [0, 0.1) is 0 Å². The van der Waals surface area contributed by atoms with Crippen molar-refractivity contribution < 1.29 is 9.47 Å². The van der Waals surface area contributed by atoms with Gasteiger partial charge in [-0.1, -0.05) is 24.8 Å². The first-order valence-electron chi connectivity index (χ1n) is 6.10. The molecule has 0 aliphatic heterocycles. The maximum Gasteiger partial charge on any atom is 0.165 e. The highest BCUT2D eigenvalue weighted by molar-refractivity contribution is 5.50. The van der Waals surface area contributed by atoms with Crippen LogP contribution in [-0.4, -0.2) is 13.2 Å². The zero-order valence-corrected chi connectivity index (χ0v) is 10.9. The first kappa shape index (κ1) is 14.3. The van der Waals surface area contributed by atoms with E-state index in [0.717, 1.165) is 29.0 Å². The molecule has 1 aromatic rings. The van der Waals surface area contributed by atoms with Crippen LogP contribution in [0.4, 0.5) is 0 Å². The van der Waals surface area contributed by atoms with E-state index >= 15 is 0 Å². The summed E-state index contributed by atoms with van der Waals surface area (Å²) in [6.45, 7) is 10.9. The van der Waals surface area contributed by atoms with Gasteiger partial charge in [0.25, 0.3) is 0 Å². The van der Waals surface area contributed by atoms with Crippen LogP contribution < -0.4 is 15.2 Å². The molecule has 0 spiro atoms. The average Bonchev–Trinajstić information content (AvgIpc) is 2.38. The highest BCUT2D eigenvalue weighted by Crippen LogP contribution is 2.33. The van der Waals surface area contributed by atoms with Crippen LogP contribution in [0.1, 0.15) is 18.1 Å². The first-order chi connectivity index (χ1) is 8.76. The Balaban J connectivity index is 3.19. The predicted octanol–water partition coefficient (Wildman–Crippen LogP) is 2.84. The van der Waals surface area contributed by atoms with Gasteiger partial charge in [0.15, 0.2) is 11.5 Å². The van der Waals surface area contributed by atoms with E-state index in [9.17, 15) is 0 Å². The van der Waals surface area contributed by atoms with Crippen LogP contribution in [0.3, 0.4) is 0 Å². The number of hydrogen-bond donors (Lipinski definition) is 1. The van der Waals surface area contributed by atoms with Gasteiger partial charge in [0.1, 0.15) is 6.61 Å². The zero-order chi connectivity index (χ0) is 13.4. The van der Waals surface area contributed by atoms with E-state index in [1.54, 1.807) is 6.08 Å². The molecule has 2 N–H and O–H groups in total. The number of ether oxygens (including phenoxy) is 2. The molecule has 0 fully saturated rings. The molecule has 0 saturated heterocycles. The first-order valence-corrected chi connectivity index (χ1v) is 6.10. The van der Waals surface area contributed by atoms with E-state index in [4.69, 9.17) is 15.2 Å². The highest BCUT2D eigenvalue weighted by atomic mass is 16.5. The molecule has 0 atom stereocenters. The summed E-state index contributed by atoms with van der Waals surface area (Å²) in [5.74, 6) is 1.49. The van der Waals surface area contributed by atoms with Crippen LogP contribution in [-0.2, 0) is 13.0 Å². The number of hydrogen-bond acceptors (Lipinski definition) is 3. The Kier molecular flexibility index (Phi) is 6.01. The maximum atomic E-state index is 5.69. The van der Waals surface area contributed by atoms with Crippen molar-refractivity contribution >= 4 is 0 Å². The fourth-order valence-corrected chi connectivity index (χ4v) is 1.72. The molecule has 3 nitrogen and oxygen atoms in total. The quantitative estimate of drug-likeness (QED) is 0.718. The molecule has 18 heavy (non-hydrogen) atoms. The van der Waals surface area contributed by atoms with Crippen LogP contribution in [0.15, 0.2) is 37.4 Å². The molecule has 0 aliphatic carbocycles. The van der Waals surface area contributed by atoms with Gasteiger partial charge in [-0.25, -0.2) is 0 Å². The second-order valence-electron chi connectivity index (χ2n) is 3.81. The van der Waals surface area contributed by atoms with Gasteiger partial charge < -0.3 is 15.2 Å². The fraction of sp³-hybridized carbons (Fsp3) is 0.333. The molecule has 0 radical (unpaired) electrons. The van der Waals surface area contributed by atoms with E-state index in [0.29, 0.717) is 19.8 Å². The van der Waals surface area contributed by atoms with Gasteiger partial charge in [0, 0.05) is 12.1 Å². The summed E-state index contributed by atoms with van der Waals surface area (Å²) < 4.78 is 11.3. The van der Waals surface area contributed by atoms with Crippen molar-refractivity contribution in [1.82, 2.24) is 0 Å². The third-order valence-electron chi connectivity index (χ3n) is 2.44. The van der Waals surface area contributed by atoms with Gasteiger partial charge in [0.2, 0.25) is 0 Å². The second kappa shape index (κ2) is 7.56. The molecule has 0 aliphatic rings. The number of nitrogens with two attached hydrogens (primary N) is 1. The summed E-state index contributed by atoms with van der Waals surface area (Å²) >= 11 is 0. The molecule has 1 aromatic carbocycles. The summed E-state index contributed by atoms with van der Waals surface area (Å²) in [7, 11) is 0. The largest absolute Gasteiger partial charge is 0.490 e. The predicted molar refractivity (Wildman–Crippen MR) is 75.1 cm³/mol. The van der Waals surface area contributed by atoms with Crippen molar-refractivity contribution in [2.24, 2.45) is 5.73 Å². The Morgan fingerprint density at radius 1 is 1.22 bits per heavy atom. The van der Waals surface area contributed by atoms with Crippen LogP contribution >= 0.6 is 0 Å². The van der Waals surface area contributed by atoms with Crippen molar-refractivity contribution in [1.29, 1.82) is 0 Å². The minimum atomic E-state index is 0.451. The number of allylic oxidation sites excluding steroid dienone is 1. The molecule has 1 rings (SSSR count). The zero-order valence-electron chi connectivity index (χ0n) is 10.9. The van der Waals surface area contributed by atoms with Crippen molar-refractivity contribution in [3.63, 3.8) is 0 Å². The van der Waals surface area contributed by atoms with Gasteiger partial charge in [-0.05, 0) is 25.0 Å². The van der Waals surface area contributed by atoms with Crippen LogP contribution in [0.25, 0.3) is 0 Å². The molecule has 0 amide bonds. The minimum absolute atomic E-state index is 0.451. The molecular weight excluding hydrogens is 226 g/mol. The molecule has 0 unspecified atom stereocenters. The van der Waals surface area contributed by atoms with E-state index < -0.39 is 0 Å². The highest BCUT2D eigenvalue weighted by Gasteiger charge is 2.12. The summed E-state index contributed by atoms with van der Waals surface area (Å²) in [5, 5.41) is 0. The van der Waals surface area contributed by atoms with Gasteiger partial charge >= 0.3 is 0 Å². The van der Waals surface area contributed by atoms with Crippen molar-refractivity contribution in [2.45, 2.75) is 19.9 Å². The molecule has 3 heteroatoms. The third kappa shape index (κ3) is 3.64. The van der Waals surface area contributed by atoms with E-state index in [1.807, 2.05) is 25.1 Å². The Hall–Kier alpha value is -1.74. The molecule has 0 heterocycles. The minimum Gasteiger partial charge on any atom is -0.490 e. The fourth-order valence-electron chi connectivity index (χ4n) is 1.72. The lowest BCUT2D eigenvalue weighted by Gasteiger charge is -2.16. The molecular formula is C15H21NO2. The second-order valence-corrected chi connectivity index (χ2v) is 3.81. The van der Waals surface area contributed by atoms with Crippen molar-refractivity contribution in [3.05, 3.63) is 48.6 Å². The lowest BCUT2D eigenvalue weighted by Crippen LogP contribution is -2.05. The van der Waals surface area contributed by atoms with Gasteiger partial charge in [-0.2, -0.15) is 0 Å². The monoisotopic (exact) mass is 247 g/mol. The Labute approximate surface area is 109 Å². The summed E-state index contributed by atoms with van der Waals surface area (Å²) in [4.78, 5) is 0. The lowest BCUT2D eigenvalue weighted by molar-refractivity contribution is 0.294. The molecule has 0 saturated carbocycles. The Morgan fingerprint density at radius 3 is 2.56 bits per heavy atom. The van der Waals surface area contributed by atoms with Gasteiger partial charge in [0.05, 0.1) is 6.61 Å². The van der Waals surface area contributed by atoms with Crippen LogP contribution in [0.2, 0.25) is 0 Å². The lowest BCUT2D eigenvalue weighted by atomic mass is 10.1. The average molecular weight is 247 g/mol. The van der Waals surface area contributed by atoms with Gasteiger partial charge in [-0.3, -0.25) is 0 Å². The Bertz CT molecular complexity index is 413. The summed E-state index contributed by atoms with van der Waals surface area (Å²) in [6, 6.07) is 3.96. The van der Waals surface area contributed by atoms with Gasteiger partial charge in [-0.15, -0.1) is 6.58 Å². The number of benzene rings is 1. The topological polar surface area (TPSA) is 44.5 Å². The van der Waals surface area contributed by atoms with E-state index in [-0.39, 0.29) is 0 Å². The number of rotatable bonds is 8. The molecule has 98 valence electrons. The SMILES string of the molecule is C=CCOc1c(CC=C)cc(CN)cc1OCC. The smallest absolute Gasteiger partial charge is 0.165 e. The molecule has 0 bridgehead atoms. The molecule has 0 aromatic heterocycles. The summed E-state index contributed by atoms with van der Waals surface area (Å²) in [5.41, 5.74) is 7.76. The van der Waals surface area contributed by atoms with E-state index in [2.05, 4.69) is 13.2 Å².